The van der Waals surface area contributed by atoms with Gasteiger partial charge in [0.25, 0.3) is 10.0 Å². The molecule has 0 radical (unpaired) electrons. The first-order chi connectivity index (χ1) is 14.5. The summed E-state index contributed by atoms with van der Waals surface area (Å²) in [5.74, 6) is 0.371. The second-order valence-corrected chi connectivity index (χ2v) is 9.82. The number of sulfonamides is 1. The maximum atomic E-state index is 13.4. The van der Waals surface area contributed by atoms with Crippen LogP contribution in [0, 0.1) is 0 Å². The summed E-state index contributed by atoms with van der Waals surface area (Å²) in [5, 5.41) is 3.26. The number of piperidine rings is 1. The molecule has 30 heavy (non-hydrogen) atoms. The lowest BCUT2D eigenvalue weighted by atomic mass is 9.87. The number of nitrogens with zero attached hydrogens (tertiary/aromatic N) is 2. The molecule has 1 saturated heterocycles. The number of amidine groups is 1. The Morgan fingerprint density at radius 2 is 1.80 bits per heavy atom. The lowest BCUT2D eigenvalue weighted by molar-refractivity contribution is -0.126. The van der Waals surface area contributed by atoms with Gasteiger partial charge in [-0.3, -0.25) is 4.79 Å². The minimum Gasteiger partial charge on any atom is -0.347 e. The van der Waals surface area contributed by atoms with Crippen LogP contribution in [0.2, 0.25) is 0 Å². The minimum atomic E-state index is -3.71. The summed E-state index contributed by atoms with van der Waals surface area (Å²) in [6, 6.07) is 14.8. The zero-order chi connectivity index (χ0) is 20.7. The zero-order valence-corrected chi connectivity index (χ0v) is 17.6. The van der Waals surface area contributed by atoms with Gasteiger partial charge in [-0.2, -0.15) is 8.42 Å². The molecule has 2 aromatic carbocycles. The van der Waals surface area contributed by atoms with Crippen molar-refractivity contribution in [3.63, 3.8) is 0 Å². The molecule has 2 heterocycles. The number of aryl methyl sites for hydroxylation is 1. The number of hydrogen-bond donors (Lipinski definition) is 1. The Bertz CT molecular complexity index is 1130. The van der Waals surface area contributed by atoms with Gasteiger partial charge in [0, 0.05) is 12.1 Å². The van der Waals surface area contributed by atoms with Crippen molar-refractivity contribution in [3.05, 3.63) is 65.2 Å². The first kappa shape index (κ1) is 19.3. The SMILES string of the molecule is O=C(N[C@H]1CCCc2ccccc21)[C@@H]1CCCCN1C1=NS(=O)(=O)c2ccccc21. The molecular weight excluding hydrogens is 398 g/mol. The van der Waals surface area contributed by atoms with Crippen LogP contribution in [0.5, 0.6) is 0 Å². The van der Waals surface area contributed by atoms with Crippen LogP contribution in [-0.4, -0.2) is 37.6 Å². The molecule has 1 N–H and O–H groups in total. The molecule has 7 heteroatoms. The Morgan fingerprint density at radius 3 is 2.70 bits per heavy atom. The van der Waals surface area contributed by atoms with Gasteiger partial charge in [0.15, 0.2) is 5.84 Å². The number of hydrogen-bond acceptors (Lipinski definition) is 4. The summed E-state index contributed by atoms with van der Waals surface area (Å²) in [6.45, 7) is 0.627. The van der Waals surface area contributed by atoms with Crippen LogP contribution in [0.25, 0.3) is 0 Å². The van der Waals surface area contributed by atoms with E-state index in [1.54, 1.807) is 18.2 Å². The van der Waals surface area contributed by atoms with E-state index in [2.05, 4.69) is 21.8 Å². The summed E-state index contributed by atoms with van der Waals surface area (Å²) >= 11 is 0. The van der Waals surface area contributed by atoms with Gasteiger partial charge in [0.05, 0.1) is 6.04 Å². The third kappa shape index (κ3) is 3.31. The second-order valence-electron chi connectivity index (χ2n) is 8.24. The van der Waals surface area contributed by atoms with Gasteiger partial charge in [0.1, 0.15) is 10.9 Å². The van der Waals surface area contributed by atoms with Crippen molar-refractivity contribution >= 4 is 21.8 Å². The van der Waals surface area contributed by atoms with E-state index in [9.17, 15) is 13.2 Å². The molecule has 2 aromatic rings. The molecule has 1 fully saturated rings. The van der Waals surface area contributed by atoms with Crippen LogP contribution in [0.15, 0.2) is 57.8 Å². The summed E-state index contributed by atoms with van der Waals surface area (Å²) in [6.07, 6.45) is 5.57. The van der Waals surface area contributed by atoms with E-state index in [0.29, 0.717) is 24.4 Å². The Balaban J connectivity index is 1.43. The van der Waals surface area contributed by atoms with Crippen molar-refractivity contribution in [2.75, 3.05) is 6.54 Å². The standard InChI is InChI=1S/C23H25N3O3S/c27-23(24-19-12-7-9-16-8-1-2-10-17(16)19)20-13-5-6-15-26(20)22-18-11-3-4-14-21(18)30(28,29)25-22/h1-4,8,10-11,14,19-20H,5-7,9,12-13,15H2,(H,24,27)/t19-,20-/m0/s1. The number of fused-ring (bicyclic) bond motifs is 2. The Morgan fingerprint density at radius 1 is 1.00 bits per heavy atom. The highest BCUT2D eigenvalue weighted by atomic mass is 32.2. The summed E-state index contributed by atoms with van der Waals surface area (Å²) in [4.78, 5) is 15.5. The van der Waals surface area contributed by atoms with Crippen LogP contribution in [0.4, 0.5) is 0 Å². The summed E-state index contributed by atoms with van der Waals surface area (Å²) in [7, 11) is -3.71. The van der Waals surface area contributed by atoms with E-state index >= 15 is 0 Å². The number of carbonyl (C=O) groups excluding carboxylic acids is 1. The number of likely N-dealkylation sites (tertiary alicyclic amines) is 1. The maximum absolute atomic E-state index is 13.4. The zero-order valence-electron chi connectivity index (χ0n) is 16.8. The largest absolute Gasteiger partial charge is 0.347 e. The van der Waals surface area contributed by atoms with Crippen molar-refractivity contribution in [1.29, 1.82) is 0 Å². The molecule has 5 rings (SSSR count). The van der Waals surface area contributed by atoms with Crippen molar-refractivity contribution in [1.82, 2.24) is 10.2 Å². The summed E-state index contributed by atoms with van der Waals surface area (Å²) in [5.41, 5.74) is 3.10. The molecule has 0 saturated carbocycles. The molecule has 0 spiro atoms. The fraction of sp³-hybridized carbons (Fsp3) is 0.391. The molecule has 1 amide bonds. The quantitative estimate of drug-likeness (QED) is 0.805. The van der Waals surface area contributed by atoms with Gasteiger partial charge >= 0.3 is 0 Å². The van der Waals surface area contributed by atoms with Crippen LogP contribution in [-0.2, 0) is 21.2 Å². The van der Waals surface area contributed by atoms with Crippen molar-refractivity contribution < 1.29 is 13.2 Å². The Kier molecular flexibility index (Phi) is 4.85. The molecule has 3 aliphatic rings. The average Bonchev–Trinajstić information content (AvgIpc) is 3.05. The van der Waals surface area contributed by atoms with E-state index in [-0.39, 0.29) is 16.8 Å². The van der Waals surface area contributed by atoms with Crippen molar-refractivity contribution in [3.8, 4) is 0 Å². The predicted molar refractivity (Wildman–Crippen MR) is 115 cm³/mol. The van der Waals surface area contributed by atoms with Crippen molar-refractivity contribution in [2.45, 2.75) is 55.5 Å². The van der Waals surface area contributed by atoms with E-state index in [1.807, 2.05) is 23.1 Å². The fourth-order valence-corrected chi connectivity index (χ4v) is 6.14. The molecule has 2 atom stereocenters. The highest BCUT2D eigenvalue weighted by molar-refractivity contribution is 7.90. The molecule has 2 aliphatic heterocycles. The Hall–Kier alpha value is -2.67. The number of carbonyl (C=O) groups is 1. The van der Waals surface area contributed by atoms with E-state index < -0.39 is 16.1 Å². The van der Waals surface area contributed by atoms with Crippen LogP contribution >= 0.6 is 0 Å². The molecule has 0 aromatic heterocycles. The minimum absolute atomic E-state index is 0.00719. The van der Waals surface area contributed by atoms with Gasteiger partial charge < -0.3 is 10.2 Å². The Labute approximate surface area is 177 Å². The fourth-order valence-electron chi connectivity index (χ4n) is 4.93. The third-order valence-corrected chi connectivity index (χ3v) is 7.70. The van der Waals surface area contributed by atoms with Gasteiger partial charge in [0.2, 0.25) is 5.91 Å². The van der Waals surface area contributed by atoms with E-state index in [0.717, 1.165) is 32.1 Å². The molecule has 0 unspecified atom stereocenters. The maximum Gasteiger partial charge on any atom is 0.285 e. The predicted octanol–water partition coefficient (Wildman–Crippen LogP) is 3.18. The third-order valence-electron chi connectivity index (χ3n) is 6.38. The average molecular weight is 424 g/mol. The second kappa shape index (κ2) is 7.54. The first-order valence-corrected chi connectivity index (χ1v) is 12.1. The molecular formula is C23H25N3O3S. The van der Waals surface area contributed by atoms with Gasteiger partial charge in [-0.05, 0) is 61.8 Å². The lowest BCUT2D eigenvalue weighted by Gasteiger charge is -2.37. The summed E-state index contributed by atoms with van der Waals surface area (Å²) < 4.78 is 29.1. The molecule has 0 bridgehead atoms. The van der Waals surface area contributed by atoms with Crippen LogP contribution in [0.1, 0.15) is 54.8 Å². The molecule has 1 aliphatic carbocycles. The van der Waals surface area contributed by atoms with Crippen LogP contribution in [0.3, 0.4) is 0 Å². The highest BCUT2D eigenvalue weighted by Crippen LogP contribution is 2.32. The highest BCUT2D eigenvalue weighted by Gasteiger charge is 2.38. The van der Waals surface area contributed by atoms with Crippen LogP contribution < -0.4 is 5.32 Å². The number of benzene rings is 2. The normalized spacial score (nSPS) is 24.5. The smallest absolute Gasteiger partial charge is 0.285 e. The monoisotopic (exact) mass is 423 g/mol. The van der Waals surface area contributed by atoms with Gasteiger partial charge in [-0.25, -0.2) is 0 Å². The first-order valence-electron chi connectivity index (χ1n) is 10.6. The molecule has 6 nitrogen and oxygen atoms in total. The topological polar surface area (TPSA) is 78.8 Å². The van der Waals surface area contributed by atoms with E-state index in [1.165, 1.54) is 11.1 Å². The van der Waals surface area contributed by atoms with Gasteiger partial charge in [-0.15, -0.1) is 4.40 Å². The number of nitrogens with one attached hydrogen (secondary N) is 1. The molecule has 156 valence electrons. The number of amides is 1. The van der Waals surface area contributed by atoms with E-state index in [4.69, 9.17) is 0 Å². The van der Waals surface area contributed by atoms with Gasteiger partial charge in [-0.1, -0.05) is 36.4 Å². The van der Waals surface area contributed by atoms with Crippen molar-refractivity contribution in [2.24, 2.45) is 4.40 Å². The number of rotatable bonds is 2. The lowest BCUT2D eigenvalue weighted by Crippen LogP contribution is -2.52.